The molecule has 2 N–H and O–H groups in total. The van der Waals surface area contributed by atoms with Crippen molar-refractivity contribution in [2.24, 2.45) is 11.1 Å². The number of hydrogen-bond donors (Lipinski definition) is 1. The van der Waals surface area contributed by atoms with Gasteiger partial charge in [0.1, 0.15) is 12.1 Å². The van der Waals surface area contributed by atoms with E-state index in [9.17, 15) is 8.42 Å². The Morgan fingerprint density at radius 2 is 1.88 bits per heavy atom. The summed E-state index contributed by atoms with van der Waals surface area (Å²) >= 11 is 0. The van der Waals surface area contributed by atoms with Gasteiger partial charge in [-0.15, -0.1) is 0 Å². The normalized spacial score (nSPS) is 15.2. The molecular weight excluding hydrogens is 344 g/mol. The molecular formula is C16H22N4O4S. The van der Waals surface area contributed by atoms with Gasteiger partial charge in [0, 0.05) is 24.5 Å². The first-order chi connectivity index (χ1) is 11.9. The molecule has 1 fully saturated rings. The first kappa shape index (κ1) is 17.7. The predicted molar refractivity (Wildman–Crippen MR) is 95.6 cm³/mol. The number of ether oxygens (including phenoxy) is 2. The van der Waals surface area contributed by atoms with Crippen LogP contribution >= 0.6 is 0 Å². The molecule has 0 spiro atoms. The maximum absolute atomic E-state index is 11.0. The third kappa shape index (κ3) is 3.93. The summed E-state index contributed by atoms with van der Waals surface area (Å²) in [5.41, 5.74) is 0.792. The molecule has 136 valence electrons. The zero-order valence-corrected chi connectivity index (χ0v) is 15.1. The third-order valence-electron chi connectivity index (χ3n) is 4.42. The predicted octanol–water partition coefficient (Wildman–Crippen LogP) is 1.15. The van der Waals surface area contributed by atoms with E-state index in [1.165, 1.54) is 6.33 Å². The van der Waals surface area contributed by atoms with Gasteiger partial charge in [0.2, 0.25) is 10.0 Å². The molecule has 25 heavy (non-hydrogen) atoms. The van der Waals surface area contributed by atoms with Gasteiger partial charge in [-0.25, -0.2) is 23.5 Å². The Hall–Kier alpha value is -2.13. The molecule has 2 aromatic rings. The molecule has 0 radical (unpaired) electrons. The maximum Gasteiger partial charge on any atom is 0.209 e. The molecule has 1 aliphatic rings. The van der Waals surface area contributed by atoms with E-state index in [4.69, 9.17) is 14.6 Å². The Balaban J connectivity index is 1.73. The molecule has 3 rings (SSSR count). The fourth-order valence-electron chi connectivity index (χ4n) is 3.12. The number of benzene rings is 1. The summed E-state index contributed by atoms with van der Waals surface area (Å²) in [7, 11) is -0.187. The second-order valence-electron chi connectivity index (χ2n) is 6.20. The number of methoxy groups -OCH3 is 2. The van der Waals surface area contributed by atoms with Crippen molar-refractivity contribution in [2.75, 3.05) is 38.0 Å². The van der Waals surface area contributed by atoms with E-state index < -0.39 is 10.0 Å². The number of nitrogens with zero attached hydrogens (tertiary/aromatic N) is 3. The smallest absolute Gasteiger partial charge is 0.209 e. The number of hydrogen-bond acceptors (Lipinski definition) is 7. The Morgan fingerprint density at radius 1 is 1.20 bits per heavy atom. The maximum atomic E-state index is 11.0. The van der Waals surface area contributed by atoms with E-state index in [1.54, 1.807) is 14.2 Å². The molecule has 0 atom stereocenters. The van der Waals surface area contributed by atoms with Crippen molar-refractivity contribution in [3.8, 4) is 11.5 Å². The highest BCUT2D eigenvalue weighted by molar-refractivity contribution is 7.89. The lowest BCUT2D eigenvalue weighted by Crippen LogP contribution is -2.47. The van der Waals surface area contributed by atoms with Crippen LogP contribution in [0.2, 0.25) is 0 Å². The Bertz CT molecular complexity index is 866. The Labute approximate surface area is 147 Å². The highest BCUT2D eigenvalue weighted by Crippen LogP contribution is 2.36. The van der Waals surface area contributed by atoms with Crippen molar-refractivity contribution < 1.29 is 17.9 Å². The van der Waals surface area contributed by atoms with E-state index in [-0.39, 0.29) is 5.75 Å². The van der Waals surface area contributed by atoms with Crippen LogP contribution in [0.25, 0.3) is 10.9 Å². The van der Waals surface area contributed by atoms with E-state index in [0.717, 1.165) is 36.2 Å². The second-order valence-corrected chi connectivity index (χ2v) is 7.94. The van der Waals surface area contributed by atoms with Gasteiger partial charge in [-0.1, -0.05) is 0 Å². The summed E-state index contributed by atoms with van der Waals surface area (Å²) < 4.78 is 32.7. The van der Waals surface area contributed by atoms with E-state index in [1.807, 2.05) is 12.1 Å². The van der Waals surface area contributed by atoms with E-state index in [2.05, 4.69) is 14.9 Å². The van der Waals surface area contributed by atoms with Crippen molar-refractivity contribution in [3.63, 3.8) is 0 Å². The number of sulfonamides is 1. The molecule has 0 amide bonds. The molecule has 0 aliphatic carbocycles. The molecule has 2 heterocycles. The van der Waals surface area contributed by atoms with Gasteiger partial charge >= 0.3 is 0 Å². The lowest BCUT2D eigenvalue weighted by Gasteiger charge is -2.40. The van der Waals surface area contributed by atoms with Gasteiger partial charge < -0.3 is 14.4 Å². The highest BCUT2D eigenvalue weighted by atomic mass is 32.2. The molecule has 1 aliphatic heterocycles. The lowest BCUT2D eigenvalue weighted by atomic mass is 9.94. The monoisotopic (exact) mass is 366 g/mol. The highest BCUT2D eigenvalue weighted by Gasteiger charge is 2.29. The van der Waals surface area contributed by atoms with Crippen LogP contribution in [-0.4, -0.2) is 51.4 Å². The van der Waals surface area contributed by atoms with Gasteiger partial charge in [-0.05, 0) is 24.8 Å². The zero-order valence-electron chi connectivity index (χ0n) is 14.3. The lowest BCUT2D eigenvalue weighted by molar-refractivity contribution is 0.355. The number of primary sulfonamides is 1. The van der Waals surface area contributed by atoms with Crippen LogP contribution in [0.1, 0.15) is 12.8 Å². The first-order valence-electron chi connectivity index (χ1n) is 8.03. The molecule has 0 saturated carbocycles. The Kier molecular flexibility index (Phi) is 4.96. The van der Waals surface area contributed by atoms with E-state index >= 15 is 0 Å². The fourth-order valence-corrected chi connectivity index (χ4v) is 3.69. The van der Waals surface area contributed by atoms with Crippen molar-refractivity contribution in [3.05, 3.63) is 18.5 Å². The average Bonchev–Trinajstić information content (AvgIpc) is 2.54. The van der Waals surface area contributed by atoms with Crippen LogP contribution in [0.5, 0.6) is 11.5 Å². The summed E-state index contributed by atoms with van der Waals surface area (Å²) in [5, 5.41) is 5.94. The minimum atomic E-state index is -3.37. The number of nitrogens with two attached hydrogens (primary N) is 1. The van der Waals surface area contributed by atoms with Crippen LogP contribution in [0.4, 0.5) is 5.82 Å². The number of anilines is 1. The Morgan fingerprint density at radius 3 is 2.52 bits per heavy atom. The van der Waals surface area contributed by atoms with Crippen molar-refractivity contribution in [1.29, 1.82) is 0 Å². The van der Waals surface area contributed by atoms with Gasteiger partial charge in [0.15, 0.2) is 11.5 Å². The van der Waals surface area contributed by atoms with Crippen LogP contribution in [0.15, 0.2) is 18.5 Å². The average molecular weight is 366 g/mol. The van der Waals surface area contributed by atoms with E-state index in [0.29, 0.717) is 23.8 Å². The van der Waals surface area contributed by atoms with Crippen LogP contribution in [-0.2, 0) is 10.0 Å². The summed E-state index contributed by atoms with van der Waals surface area (Å²) in [6.45, 7) is 1.68. The minimum Gasteiger partial charge on any atom is -0.493 e. The third-order valence-corrected chi connectivity index (χ3v) is 5.28. The largest absolute Gasteiger partial charge is 0.493 e. The van der Waals surface area contributed by atoms with Gasteiger partial charge in [-0.2, -0.15) is 0 Å². The topological polar surface area (TPSA) is 108 Å². The summed E-state index contributed by atoms with van der Waals surface area (Å²) in [5.74, 6) is 2.61. The number of aromatic nitrogens is 2. The zero-order chi connectivity index (χ0) is 18.0. The van der Waals surface area contributed by atoms with Crippen molar-refractivity contribution >= 4 is 26.7 Å². The summed E-state index contributed by atoms with van der Waals surface area (Å²) in [4.78, 5) is 10.9. The van der Waals surface area contributed by atoms with Gasteiger partial charge in [0.25, 0.3) is 0 Å². The molecule has 0 bridgehead atoms. The molecule has 1 aromatic carbocycles. The number of fused-ring (bicyclic) bond motifs is 1. The van der Waals surface area contributed by atoms with Gasteiger partial charge in [-0.3, -0.25) is 0 Å². The summed E-state index contributed by atoms with van der Waals surface area (Å²) in [6.07, 6.45) is 2.97. The van der Waals surface area contributed by atoms with Crippen LogP contribution < -0.4 is 19.5 Å². The quantitative estimate of drug-likeness (QED) is 0.783. The standard InChI is InChI=1S/C16H22N4O4S/c1-23-14-6-12-13(7-15(14)24-2)18-10-19-16(12)20-8-11(9-20)4-3-5-25(17,21)22/h6-7,10-11H,3-5,8-9H2,1-2H3,(H2,17,21,22). The SMILES string of the molecule is COc1cc2ncnc(N3CC(CCCS(N)(=O)=O)C3)c2cc1OC. The first-order valence-corrected chi connectivity index (χ1v) is 9.75. The van der Waals surface area contributed by atoms with Crippen molar-refractivity contribution in [2.45, 2.75) is 12.8 Å². The summed E-state index contributed by atoms with van der Waals surface area (Å²) in [6, 6.07) is 3.72. The molecule has 8 nitrogen and oxygen atoms in total. The minimum absolute atomic E-state index is 0.0386. The number of rotatable bonds is 7. The van der Waals surface area contributed by atoms with Gasteiger partial charge in [0.05, 0.1) is 25.5 Å². The molecule has 1 aromatic heterocycles. The second kappa shape index (κ2) is 7.01. The molecule has 9 heteroatoms. The van der Waals surface area contributed by atoms with Crippen LogP contribution in [0, 0.1) is 5.92 Å². The molecule has 1 saturated heterocycles. The van der Waals surface area contributed by atoms with Crippen molar-refractivity contribution in [1.82, 2.24) is 9.97 Å². The molecule has 0 unspecified atom stereocenters. The fraction of sp³-hybridized carbons (Fsp3) is 0.500. The van der Waals surface area contributed by atoms with Crippen LogP contribution in [0.3, 0.4) is 0 Å².